The minimum Gasteiger partial charge on any atom is -0.465 e. The van der Waals surface area contributed by atoms with E-state index < -0.39 is 21.8 Å². The Bertz CT molecular complexity index is 1220. The van der Waals surface area contributed by atoms with E-state index in [1.807, 2.05) is 0 Å². The molecule has 0 fully saturated rings. The van der Waals surface area contributed by atoms with Crippen LogP contribution in [0.25, 0.3) is 0 Å². The lowest BCUT2D eigenvalue weighted by atomic mass is 10.1. The Morgan fingerprint density at radius 2 is 1.97 bits per heavy atom. The summed E-state index contributed by atoms with van der Waals surface area (Å²) in [6, 6.07) is 11.7. The number of aryl methyl sites for hydroxylation is 1. The van der Waals surface area contributed by atoms with Crippen LogP contribution in [0.15, 0.2) is 64.6 Å². The van der Waals surface area contributed by atoms with E-state index >= 15 is 0 Å². The first-order valence-corrected chi connectivity index (χ1v) is 11.8. The highest BCUT2D eigenvalue weighted by molar-refractivity contribution is 7.98. The molecule has 0 aliphatic heterocycles. The summed E-state index contributed by atoms with van der Waals surface area (Å²) < 4.78 is 45.7. The number of sulfonamides is 1. The summed E-state index contributed by atoms with van der Waals surface area (Å²) in [6.07, 6.45) is 1.39. The van der Waals surface area contributed by atoms with Crippen molar-refractivity contribution < 1.29 is 22.3 Å². The van der Waals surface area contributed by atoms with Gasteiger partial charge >= 0.3 is 5.97 Å². The van der Waals surface area contributed by atoms with Crippen LogP contribution in [0.4, 0.5) is 10.1 Å². The van der Waals surface area contributed by atoms with Gasteiger partial charge in [0.15, 0.2) is 0 Å². The maximum absolute atomic E-state index is 13.1. The summed E-state index contributed by atoms with van der Waals surface area (Å²) in [6.45, 7) is 1.69. The number of nitrogens with zero attached hydrogens (tertiary/aromatic N) is 1. The van der Waals surface area contributed by atoms with Crippen LogP contribution in [0.2, 0.25) is 5.02 Å². The van der Waals surface area contributed by atoms with Gasteiger partial charge in [0.2, 0.25) is 0 Å². The number of nitrogens with one attached hydrogen (secondary N) is 1. The van der Waals surface area contributed by atoms with Gasteiger partial charge in [0.1, 0.15) is 5.82 Å². The molecule has 0 saturated heterocycles. The molecule has 1 aromatic heterocycles. The minimum atomic E-state index is -3.93. The van der Waals surface area contributed by atoms with Crippen molar-refractivity contribution in [1.29, 1.82) is 0 Å². The van der Waals surface area contributed by atoms with Gasteiger partial charge in [-0.2, -0.15) is 0 Å². The summed E-state index contributed by atoms with van der Waals surface area (Å²) in [5, 5.41) is 0.980. The molecule has 0 saturated carbocycles. The van der Waals surface area contributed by atoms with Crippen LogP contribution in [0.1, 0.15) is 21.5 Å². The maximum atomic E-state index is 13.1. The molecular formula is C21H18ClFN2O4S2. The van der Waals surface area contributed by atoms with Gasteiger partial charge in [-0.3, -0.25) is 4.72 Å². The highest BCUT2D eigenvalue weighted by Crippen LogP contribution is 2.27. The molecule has 6 nitrogen and oxygen atoms in total. The normalized spacial score (nSPS) is 11.2. The number of halogens is 2. The molecule has 0 bridgehead atoms. The number of esters is 1. The lowest BCUT2D eigenvalue weighted by Crippen LogP contribution is -2.14. The van der Waals surface area contributed by atoms with Gasteiger partial charge in [0, 0.05) is 10.8 Å². The van der Waals surface area contributed by atoms with Gasteiger partial charge in [-0.1, -0.05) is 23.7 Å². The van der Waals surface area contributed by atoms with Gasteiger partial charge in [-0.25, -0.2) is 22.6 Å². The highest BCUT2D eigenvalue weighted by Gasteiger charge is 2.19. The number of aromatic nitrogens is 1. The molecule has 31 heavy (non-hydrogen) atoms. The fourth-order valence-corrected chi connectivity index (χ4v) is 4.86. The van der Waals surface area contributed by atoms with E-state index in [0.29, 0.717) is 21.4 Å². The third kappa shape index (κ3) is 5.75. The monoisotopic (exact) mass is 480 g/mol. The number of thioether (sulfide) groups is 1. The van der Waals surface area contributed by atoms with Crippen molar-refractivity contribution in [1.82, 2.24) is 4.98 Å². The van der Waals surface area contributed by atoms with Gasteiger partial charge in [-0.05, 0) is 54.4 Å². The molecule has 2 aromatic carbocycles. The van der Waals surface area contributed by atoms with Crippen molar-refractivity contribution in [3.63, 3.8) is 0 Å². The predicted molar refractivity (Wildman–Crippen MR) is 119 cm³/mol. The summed E-state index contributed by atoms with van der Waals surface area (Å²) in [7, 11) is -2.70. The second-order valence-electron chi connectivity index (χ2n) is 6.48. The largest absolute Gasteiger partial charge is 0.465 e. The fraction of sp³-hybridized carbons (Fsp3) is 0.143. The number of benzene rings is 2. The van der Waals surface area contributed by atoms with Crippen LogP contribution in [-0.2, 0) is 20.5 Å². The molecule has 1 heterocycles. The standard InChI is InChI=1S/C21H18ClFN2O4S2/c1-13-3-7-17(10-18(13)21(26)29-2)31(27,28)25-16-6-8-20(24-11-16)30-12-14-4-5-15(23)9-19(14)22/h3-11,25H,12H2,1-2H3. The SMILES string of the molecule is COC(=O)c1cc(S(=O)(=O)Nc2ccc(SCc3ccc(F)cc3Cl)nc2)ccc1C. The van der Waals surface area contributed by atoms with Crippen molar-refractivity contribution in [3.05, 3.63) is 82.3 Å². The number of hydrogen-bond donors (Lipinski definition) is 1. The lowest BCUT2D eigenvalue weighted by Gasteiger charge is -2.11. The van der Waals surface area contributed by atoms with E-state index in [2.05, 4.69) is 9.71 Å². The van der Waals surface area contributed by atoms with E-state index in [9.17, 15) is 17.6 Å². The molecule has 3 rings (SSSR count). The van der Waals surface area contributed by atoms with Crippen LogP contribution in [0.3, 0.4) is 0 Å². The average Bonchev–Trinajstić information content (AvgIpc) is 2.73. The quantitative estimate of drug-likeness (QED) is 0.375. The van der Waals surface area contributed by atoms with Gasteiger partial charge in [-0.15, -0.1) is 11.8 Å². The summed E-state index contributed by atoms with van der Waals surface area (Å²) in [4.78, 5) is 16.0. The predicted octanol–water partition coefficient (Wildman–Crippen LogP) is 5.06. The number of rotatable bonds is 7. The van der Waals surface area contributed by atoms with E-state index in [1.165, 1.54) is 49.3 Å². The zero-order valence-electron chi connectivity index (χ0n) is 16.6. The number of pyridine rings is 1. The summed E-state index contributed by atoms with van der Waals surface area (Å²) in [5.74, 6) is -0.531. The van der Waals surface area contributed by atoms with Crippen LogP contribution in [0, 0.1) is 12.7 Å². The van der Waals surface area contributed by atoms with Crippen molar-refractivity contribution in [2.24, 2.45) is 0 Å². The Kier molecular flexibility index (Phi) is 7.19. The van der Waals surface area contributed by atoms with Gasteiger partial charge in [0.05, 0.1) is 34.5 Å². The molecule has 0 atom stereocenters. The Balaban J connectivity index is 1.71. The average molecular weight is 481 g/mol. The van der Waals surface area contributed by atoms with Crippen LogP contribution in [-0.4, -0.2) is 26.5 Å². The molecule has 162 valence electrons. The number of anilines is 1. The lowest BCUT2D eigenvalue weighted by molar-refractivity contribution is 0.0599. The van der Waals surface area contributed by atoms with Gasteiger partial charge < -0.3 is 4.74 Å². The smallest absolute Gasteiger partial charge is 0.338 e. The molecule has 0 unspecified atom stereocenters. The first-order chi connectivity index (χ1) is 14.7. The maximum Gasteiger partial charge on any atom is 0.338 e. The molecule has 0 radical (unpaired) electrons. The summed E-state index contributed by atoms with van der Waals surface area (Å²) in [5.41, 5.74) is 1.81. The van der Waals surface area contributed by atoms with E-state index in [4.69, 9.17) is 16.3 Å². The van der Waals surface area contributed by atoms with Gasteiger partial charge in [0.25, 0.3) is 10.0 Å². The zero-order valence-corrected chi connectivity index (χ0v) is 18.9. The third-order valence-electron chi connectivity index (χ3n) is 4.30. The van der Waals surface area contributed by atoms with Crippen LogP contribution in [0.5, 0.6) is 0 Å². The first-order valence-electron chi connectivity index (χ1n) is 8.94. The Morgan fingerprint density at radius 3 is 2.61 bits per heavy atom. The van der Waals surface area contributed by atoms with Crippen molar-refractivity contribution in [2.75, 3.05) is 11.8 Å². The Labute approximate surface area is 188 Å². The zero-order chi connectivity index (χ0) is 22.6. The second-order valence-corrected chi connectivity index (χ2v) is 9.57. The molecular weight excluding hydrogens is 463 g/mol. The molecule has 0 spiro atoms. The van der Waals surface area contributed by atoms with Crippen LogP contribution >= 0.6 is 23.4 Å². The Hall–Kier alpha value is -2.62. The first kappa shape index (κ1) is 23.1. The number of ether oxygens (including phenoxy) is 1. The number of hydrogen-bond acceptors (Lipinski definition) is 6. The molecule has 10 heteroatoms. The molecule has 0 aliphatic rings. The molecule has 0 aliphatic carbocycles. The highest BCUT2D eigenvalue weighted by atomic mass is 35.5. The van der Waals surface area contributed by atoms with E-state index in [1.54, 1.807) is 31.2 Å². The van der Waals surface area contributed by atoms with E-state index in [0.717, 1.165) is 5.56 Å². The van der Waals surface area contributed by atoms with Crippen LogP contribution < -0.4 is 4.72 Å². The second kappa shape index (κ2) is 9.67. The number of carbonyl (C=O) groups excluding carboxylic acids is 1. The molecule has 1 N–H and O–H groups in total. The fourth-order valence-electron chi connectivity index (χ4n) is 2.63. The number of methoxy groups -OCH3 is 1. The van der Waals surface area contributed by atoms with Crippen molar-refractivity contribution >= 4 is 45.0 Å². The minimum absolute atomic E-state index is 0.0668. The molecule has 0 amide bonds. The third-order valence-corrected chi connectivity index (χ3v) is 7.03. The molecule has 3 aromatic rings. The van der Waals surface area contributed by atoms with E-state index in [-0.39, 0.29) is 16.1 Å². The Morgan fingerprint density at radius 1 is 1.19 bits per heavy atom. The van der Waals surface area contributed by atoms with Crippen molar-refractivity contribution in [3.8, 4) is 0 Å². The number of carbonyl (C=O) groups is 1. The topological polar surface area (TPSA) is 85.4 Å². The summed E-state index contributed by atoms with van der Waals surface area (Å²) >= 11 is 7.40. The van der Waals surface area contributed by atoms with Crippen molar-refractivity contribution in [2.45, 2.75) is 22.6 Å².